The standard InChI is InChI=1S/C18H21BrN2O/c1-12-9-10-17(16(19)11-12)21-18(22)14(3)20-13(2)15-7-5-4-6-8-15/h4-11,13-14,20H,1-3H3,(H,21,22)/t13-,14-/m1/s1. The molecule has 3 nitrogen and oxygen atoms in total. The number of amides is 1. The summed E-state index contributed by atoms with van der Waals surface area (Å²) in [6.45, 7) is 5.94. The zero-order chi connectivity index (χ0) is 16.1. The summed E-state index contributed by atoms with van der Waals surface area (Å²) in [7, 11) is 0. The molecule has 0 saturated heterocycles. The predicted molar refractivity (Wildman–Crippen MR) is 95.0 cm³/mol. The average molecular weight is 361 g/mol. The number of nitrogens with one attached hydrogen (secondary N) is 2. The van der Waals surface area contributed by atoms with E-state index in [1.165, 1.54) is 5.56 Å². The summed E-state index contributed by atoms with van der Waals surface area (Å²) >= 11 is 3.48. The first kappa shape index (κ1) is 16.7. The zero-order valence-corrected chi connectivity index (χ0v) is 14.6. The largest absolute Gasteiger partial charge is 0.324 e. The molecule has 0 saturated carbocycles. The van der Waals surface area contributed by atoms with Gasteiger partial charge in [0.25, 0.3) is 0 Å². The Labute approximate surface area is 140 Å². The maximum Gasteiger partial charge on any atom is 0.241 e. The van der Waals surface area contributed by atoms with Crippen LogP contribution in [0.5, 0.6) is 0 Å². The molecule has 0 radical (unpaired) electrons. The zero-order valence-electron chi connectivity index (χ0n) is 13.1. The summed E-state index contributed by atoms with van der Waals surface area (Å²) in [6, 6.07) is 15.8. The van der Waals surface area contributed by atoms with Crippen molar-refractivity contribution in [3.8, 4) is 0 Å². The molecule has 0 aliphatic rings. The number of halogens is 1. The molecule has 116 valence electrons. The van der Waals surface area contributed by atoms with E-state index in [0.29, 0.717) is 0 Å². The van der Waals surface area contributed by atoms with Crippen LogP contribution in [0.3, 0.4) is 0 Å². The third-order valence-electron chi connectivity index (χ3n) is 3.58. The van der Waals surface area contributed by atoms with Crippen molar-refractivity contribution in [3.63, 3.8) is 0 Å². The lowest BCUT2D eigenvalue weighted by Crippen LogP contribution is -2.39. The Bertz CT molecular complexity index is 643. The number of carbonyl (C=O) groups is 1. The van der Waals surface area contributed by atoms with E-state index in [4.69, 9.17) is 0 Å². The molecule has 4 heteroatoms. The second-order valence-corrected chi connectivity index (χ2v) is 6.35. The van der Waals surface area contributed by atoms with Crippen LogP contribution in [0.15, 0.2) is 53.0 Å². The van der Waals surface area contributed by atoms with Gasteiger partial charge in [-0.2, -0.15) is 0 Å². The normalized spacial score (nSPS) is 13.5. The molecule has 2 aromatic carbocycles. The van der Waals surface area contributed by atoms with Gasteiger partial charge in [0.15, 0.2) is 0 Å². The second-order valence-electron chi connectivity index (χ2n) is 5.49. The van der Waals surface area contributed by atoms with Crippen LogP contribution < -0.4 is 10.6 Å². The van der Waals surface area contributed by atoms with Crippen molar-refractivity contribution in [2.75, 3.05) is 5.32 Å². The Hall–Kier alpha value is -1.65. The van der Waals surface area contributed by atoms with Crippen LogP contribution in [0.2, 0.25) is 0 Å². The molecule has 0 bridgehead atoms. The molecule has 2 atom stereocenters. The molecule has 0 aromatic heterocycles. The topological polar surface area (TPSA) is 41.1 Å². The molecule has 2 aromatic rings. The van der Waals surface area contributed by atoms with Gasteiger partial charge in [-0.25, -0.2) is 0 Å². The first-order valence-corrected chi connectivity index (χ1v) is 8.14. The van der Waals surface area contributed by atoms with E-state index in [9.17, 15) is 4.79 Å². The van der Waals surface area contributed by atoms with Crippen molar-refractivity contribution in [1.82, 2.24) is 5.32 Å². The van der Waals surface area contributed by atoms with E-state index in [2.05, 4.69) is 45.6 Å². The van der Waals surface area contributed by atoms with Crippen molar-refractivity contribution in [1.29, 1.82) is 0 Å². The van der Waals surface area contributed by atoms with Crippen molar-refractivity contribution in [2.24, 2.45) is 0 Å². The number of carbonyl (C=O) groups excluding carboxylic acids is 1. The number of benzene rings is 2. The van der Waals surface area contributed by atoms with Gasteiger partial charge < -0.3 is 5.32 Å². The van der Waals surface area contributed by atoms with Gasteiger partial charge >= 0.3 is 0 Å². The Morgan fingerprint density at radius 3 is 2.41 bits per heavy atom. The van der Waals surface area contributed by atoms with Gasteiger partial charge in [-0.05, 0) is 60.0 Å². The van der Waals surface area contributed by atoms with E-state index in [-0.39, 0.29) is 18.0 Å². The highest BCUT2D eigenvalue weighted by atomic mass is 79.9. The number of aryl methyl sites for hydroxylation is 1. The molecule has 0 fully saturated rings. The minimum atomic E-state index is -0.289. The summed E-state index contributed by atoms with van der Waals surface area (Å²) in [4.78, 5) is 12.3. The van der Waals surface area contributed by atoms with E-state index in [1.54, 1.807) is 0 Å². The molecule has 0 spiro atoms. The first-order valence-electron chi connectivity index (χ1n) is 7.35. The minimum absolute atomic E-state index is 0.0488. The molecule has 0 aliphatic carbocycles. The smallest absolute Gasteiger partial charge is 0.241 e. The summed E-state index contributed by atoms with van der Waals surface area (Å²) in [6.07, 6.45) is 0. The molecular formula is C18H21BrN2O. The van der Waals surface area contributed by atoms with Crippen LogP contribution in [-0.4, -0.2) is 11.9 Å². The van der Waals surface area contributed by atoms with Crippen molar-refractivity contribution < 1.29 is 4.79 Å². The van der Waals surface area contributed by atoms with Crippen LogP contribution in [-0.2, 0) is 4.79 Å². The maximum absolute atomic E-state index is 12.3. The molecular weight excluding hydrogens is 340 g/mol. The molecule has 1 amide bonds. The monoisotopic (exact) mass is 360 g/mol. The Kier molecular flexibility index (Phi) is 5.75. The van der Waals surface area contributed by atoms with E-state index in [0.717, 1.165) is 15.7 Å². The number of hydrogen-bond donors (Lipinski definition) is 2. The molecule has 2 N–H and O–H groups in total. The highest BCUT2D eigenvalue weighted by Gasteiger charge is 2.17. The highest BCUT2D eigenvalue weighted by molar-refractivity contribution is 9.10. The van der Waals surface area contributed by atoms with E-state index >= 15 is 0 Å². The van der Waals surface area contributed by atoms with Gasteiger partial charge in [0.1, 0.15) is 0 Å². The van der Waals surface area contributed by atoms with E-state index < -0.39 is 0 Å². The number of hydrogen-bond acceptors (Lipinski definition) is 2. The van der Waals surface area contributed by atoms with Crippen LogP contribution >= 0.6 is 15.9 Å². The molecule has 2 rings (SSSR count). The van der Waals surface area contributed by atoms with Crippen LogP contribution in [0.1, 0.15) is 31.0 Å². The minimum Gasteiger partial charge on any atom is -0.324 e. The van der Waals surface area contributed by atoms with Crippen molar-refractivity contribution in [2.45, 2.75) is 32.9 Å². The second kappa shape index (κ2) is 7.56. The summed E-state index contributed by atoms with van der Waals surface area (Å²) in [5.74, 6) is -0.0488. The predicted octanol–water partition coefficient (Wildman–Crippen LogP) is 4.44. The van der Waals surface area contributed by atoms with E-state index in [1.807, 2.05) is 50.2 Å². The quantitative estimate of drug-likeness (QED) is 0.827. The molecule has 0 unspecified atom stereocenters. The number of rotatable bonds is 5. The molecule has 0 heterocycles. The first-order chi connectivity index (χ1) is 10.5. The van der Waals surface area contributed by atoms with Gasteiger partial charge in [0.2, 0.25) is 5.91 Å². The third kappa shape index (κ3) is 4.42. The highest BCUT2D eigenvalue weighted by Crippen LogP contribution is 2.23. The van der Waals surface area contributed by atoms with Gasteiger partial charge in [-0.3, -0.25) is 10.1 Å². The Morgan fingerprint density at radius 2 is 1.77 bits per heavy atom. The fourth-order valence-electron chi connectivity index (χ4n) is 2.25. The third-order valence-corrected chi connectivity index (χ3v) is 4.23. The Morgan fingerprint density at radius 1 is 1.09 bits per heavy atom. The summed E-state index contributed by atoms with van der Waals surface area (Å²) in [5.41, 5.74) is 3.10. The lowest BCUT2D eigenvalue weighted by molar-refractivity contribution is -0.117. The van der Waals surface area contributed by atoms with Gasteiger partial charge in [-0.15, -0.1) is 0 Å². The fraction of sp³-hybridized carbons (Fsp3) is 0.278. The summed E-state index contributed by atoms with van der Waals surface area (Å²) < 4.78 is 0.893. The molecule has 0 aliphatic heterocycles. The fourth-order valence-corrected chi connectivity index (χ4v) is 2.84. The van der Waals surface area contributed by atoms with Crippen molar-refractivity contribution >= 4 is 27.5 Å². The molecule has 22 heavy (non-hydrogen) atoms. The number of anilines is 1. The lowest BCUT2D eigenvalue weighted by atomic mass is 10.1. The van der Waals surface area contributed by atoms with Gasteiger partial charge in [-0.1, -0.05) is 36.4 Å². The maximum atomic E-state index is 12.3. The van der Waals surface area contributed by atoms with Crippen molar-refractivity contribution in [3.05, 3.63) is 64.1 Å². The average Bonchev–Trinajstić information content (AvgIpc) is 2.50. The van der Waals surface area contributed by atoms with Crippen LogP contribution in [0.25, 0.3) is 0 Å². The Balaban J connectivity index is 1.97. The van der Waals surface area contributed by atoms with Crippen LogP contribution in [0.4, 0.5) is 5.69 Å². The summed E-state index contributed by atoms with van der Waals surface area (Å²) in [5, 5.41) is 6.27. The SMILES string of the molecule is Cc1ccc(NC(=O)[C@@H](C)N[C@H](C)c2ccccc2)c(Br)c1. The lowest BCUT2D eigenvalue weighted by Gasteiger charge is -2.20. The van der Waals surface area contributed by atoms with Crippen LogP contribution in [0, 0.1) is 6.92 Å². The van der Waals surface area contributed by atoms with Gasteiger partial charge in [0, 0.05) is 10.5 Å². The van der Waals surface area contributed by atoms with Gasteiger partial charge in [0.05, 0.1) is 11.7 Å².